The van der Waals surface area contributed by atoms with E-state index in [1.165, 1.54) is 13.2 Å². The van der Waals surface area contributed by atoms with E-state index in [4.69, 9.17) is 5.10 Å². The van der Waals surface area contributed by atoms with Crippen LogP contribution >= 0.6 is 0 Å². The minimum Gasteiger partial charge on any atom is -0.469 e. The molecule has 0 aliphatic rings. The van der Waals surface area contributed by atoms with Crippen LogP contribution in [-0.2, 0) is 20.9 Å². The third-order valence-electron chi connectivity index (χ3n) is 4.87. The molecule has 1 aromatic carbocycles. The first-order chi connectivity index (χ1) is 15.1. The standard InChI is InChI=1S/C23H20N4O4/c1-31-21(30)13-10-17(28)15-27-20(29)12-11-18(24-27)22-19-9-5-6-14-26(19)25-23(22)16-7-3-2-4-8-16/h2-9,11-12,14H,10,13,15H2,1H3. The first kappa shape index (κ1) is 20.2. The molecule has 156 valence electrons. The number of hydrogen-bond acceptors (Lipinski definition) is 6. The molecule has 0 saturated heterocycles. The van der Waals surface area contributed by atoms with Gasteiger partial charge in [-0.05, 0) is 18.2 Å². The van der Waals surface area contributed by atoms with Crippen molar-refractivity contribution in [2.45, 2.75) is 19.4 Å². The van der Waals surface area contributed by atoms with Crippen LogP contribution < -0.4 is 5.56 Å². The van der Waals surface area contributed by atoms with E-state index in [2.05, 4.69) is 9.84 Å². The molecule has 8 heteroatoms. The highest BCUT2D eigenvalue weighted by atomic mass is 16.5. The Balaban J connectivity index is 1.75. The zero-order chi connectivity index (χ0) is 21.8. The van der Waals surface area contributed by atoms with Crippen LogP contribution in [-0.4, -0.2) is 38.3 Å². The second-order valence-corrected chi connectivity index (χ2v) is 6.95. The van der Waals surface area contributed by atoms with Gasteiger partial charge in [-0.1, -0.05) is 36.4 Å². The van der Waals surface area contributed by atoms with Crippen LogP contribution in [0.5, 0.6) is 0 Å². The maximum Gasteiger partial charge on any atom is 0.305 e. The molecule has 3 aromatic heterocycles. The smallest absolute Gasteiger partial charge is 0.305 e. The van der Waals surface area contributed by atoms with Crippen molar-refractivity contribution in [2.75, 3.05) is 7.11 Å². The molecule has 4 rings (SSSR count). The molecule has 0 unspecified atom stereocenters. The largest absolute Gasteiger partial charge is 0.469 e. The van der Waals surface area contributed by atoms with Gasteiger partial charge in [0.15, 0.2) is 5.78 Å². The minimum atomic E-state index is -0.471. The molecule has 31 heavy (non-hydrogen) atoms. The number of fused-ring (bicyclic) bond motifs is 1. The van der Waals surface area contributed by atoms with E-state index in [-0.39, 0.29) is 25.2 Å². The van der Waals surface area contributed by atoms with Crippen molar-refractivity contribution >= 4 is 17.3 Å². The fraction of sp³-hybridized carbons (Fsp3) is 0.174. The number of methoxy groups -OCH3 is 1. The molecule has 0 amide bonds. The number of nitrogens with zero attached hydrogens (tertiary/aromatic N) is 4. The van der Waals surface area contributed by atoms with Crippen molar-refractivity contribution in [3.63, 3.8) is 0 Å². The van der Waals surface area contributed by atoms with Gasteiger partial charge in [-0.25, -0.2) is 9.20 Å². The molecule has 3 heterocycles. The highest BCUT2D eigenvalue weighted by Gasteiger charge is 2.18. The van der Waals surface area contributed by atoms with Crippen LogP contribution in [0, 0.1) is 0 Å². The Bertz CT molecular complexity index is 1310. The Morgan fingerprint density at radius 1 is 0.935 bits per heavy atom. The van der Waals surface area contributed by atoms with Crippen LogP contribution in [0.3, 0.4) is 0 Å². The Morgan fingerprint density at radius 2 is 1.71 bits per heavy atom. The number of carbonyl (C=O) groups is 2. The van der Waals surface area contributed by atoms with Gasteiger partial charge in [0.1, 0.15) is 12.2 Å². The Hall–Kier alpha value is -4.07. The van der Waals surface area contributed by atoms with Gasteiger partial charge in [0.25, 0.3) is 5.56 Å². The summed E-state index contributed by atoms with van der Waals surface area (Å²) in [4.78, 5) is 35.9. The topological polar surface area (TPSA) is 95.6 Å². The van der Waals surface area contributed by atoms with Crippen LogP contribution in [0.15, 0.2) is 71.7 Å². The predicted molar refractivity (Wildman–Crippen MR) is 114 cm³/mol. The van der Waals surface area contributed by atoms with E-state index in [0.717, 1.165) is 27.0 Å². The Kier molecular flexibility index (Phi) is 5.70. The third-order valence-corrected chi connectivity index (χ3v) is 4.87. The summed E-state index contributed by atoms with van der Waals surface area (Å²) in [5.74, 6) is -0.749. The summed E-state index contributed by atoms with van der Waals surface area (Å²) in [6, 6.07) is 18.4. The monoisotopic (exact) mass is 416 g/mol. The van der Waals surface area contributed by atoms with Crippen LogP contribution in [0.2, 0.25) is 0 Å². The second kappa shape index (κ2) is 8.74. The summed E-state index contributed by atoms with van der Waals surface area (Å²) in [6.07, 6.45) is 1.80. The molecule has 0 radical (unpaired) electrons. The van der Waals surface area contributed by atoms with Crippen molar-refractivity contribution in [3.05, 3.63) is 77.2 Å². The van der Waals surface area contributed by atoms with Gasteiger partial charge in [-0.3, -0.25) is 14.4 Å². The van der Waals surface area contributed by atoms with Crippen molar-refractivity contribution in [3.8, 4) is 22.5 Å². The van der Waals surface area contributed by atoms with Crippen molar-refractivity contribution < 1.29 is 14.3 Å². The first-order valence-corrected chi connectivity index (χ1v) is 9.76. The van der Waals surface area contributed by atoms with Gasteiger partial charge < -0.3 is 4.74 Å². The molecule has 0 aliphatic heterocycles. The minimum absolute atomic E-state index is 0.0169. The summed E-state index contributed by atoms with van der Waals surface area (Å²) in [5, 5.41) is 9.15. The summed E-state index contributed by atoms with van der Waals surface area (Å²) in [6.45, 7) is -0.219. The quantitative estimate of drug-likeness (QED) is 0.430. The van der Waals surface area contributed by atoms with Crippen molar-refractivity contribution in [1.82, 2.24) is 19.4 Å². The number of ketones is 1. The highest BCUT2D eigenvalue weighted by Crippen LogP contribution is 2.33. The molecule has 0 N–H and O–H groups in total. The molecule has 0 saturated carbocycles. The van der Waals surface area contributed by atoms with Crippen molar-refractivity contribution in [2.24, 2.45) is 0 Å². The summed E-state index contributed by atoms with van der Waals surface area (Å²) >= 11 is 0. The van der Waals surface area contributed by atoms with Crippen LogP contribution in [0.4, 0.5) is 0 Å². The predicted octanol–water partition coefficient (Wildman–Crippen LogP) is 2.75. The highest BCUT2D eigenvalue weighted by molar-refractivity contribution is 5.90. The second-order valence-electron chi connectivity index (χ2n) is 6.95. The summed E-state index contributed by atoms with van der Waals surface area (Å²) in [7, 11) is 1.27. The summed E-state index contributed by atoms with van der Waals surface area (Å²) in [5.41, 5.74) is 3.36. The zero-order valence-corrected chi connectivity index (χ0v) is 16.9. The summed E-state index contributed by atoms with van der Waals surface area (Å²) < 4.78 is 7.44. The number of rotatable bonds is 7. The van der Waals surface area contributed by atoms with E-state index in [9.17, 15) is 14.4 Å². The van der Waals surface area contributed by atoms with Crippen LogP contribution in [0.25, 0.3) is 28.0 Å². The first-order valence-electron chi connectivity index (χ1n) is 9.76. The van der Waals surface area contributed by atoms with Gasteiger partial charge in [-0.2, -0.15) is 10.2 Å². The van der Waals surface area contributed by atoms with Gasteiger partial charge in [0, 0.05) is 24.2 Å². The Morgan fingerprint density at radius 3 is 2.48 bits per heavy atom. The lowest BCUT2D eigenvalue weighted by Gasteiger charge is -2.08. The lowest BCUT2D eigenvalue weighted by atomic mass is 10.0. The SMILES string of the molecule is COC(=O)CCC(=O)Cn1nc(-c2c(-c3ccccc3)nn3ccccc23)ccc1=O. The molecule has 0 aliphatic carbocycles. The molecule has 4 aromatic rings. The molecule has 0 bridgehead atoms. The molecule has 0 spiro atoms. The fourth-order valence-corrected chi connectivity index (χ4v) is 3.33. The number of pyridine rings is 1. The maximum absolute atomic E-state index is 12.3. The maximum atomic E-state index is 12.3. The van der Waals surface area contributed by atoms with E-state index in [1.807, 2.05) is 54.7 Å². The molecule has 0 fully saturated rings. The fourth-order valence-electron chi connectivity index (χ4n) is 3.33. The van der Waals surface area contributed by atoms with E-state index >= 15 is 0 Å². The normalized spacial score (nSPS) is 10.9. The third kappa shape index (κ3) is 4.28. The van der Waals surface area contributed by atoms with Gasteiger partial charge >= 0.3 is 5.97 Å². The number of esters is 1. The van der Waals surface area contributed by atoms with Gasteiger partial charge in [-0.15, -0.1) is 0 Å². The van der Waals surface area contributed by atoms with Gasteiger partial charge in [0.2, 0.25) is 0 Å². The number of Topliss-reactive ketones (excluding diaryl/α,β-unsaturated/α-hetero) is 1. The van der Waals surface area contributed by atoms with Crippen LogP contribution in [0.1, 0.15) is 12.8 Å². The van der Waals surface area contributed by atoms with E-state index in [0.29, 0.717) is 5.69 Å². The molecule has 0 atom stereocenters. The van der Waals surface area contributed by atoms with E-state index in [1.54, 1.807) is 10.6 Å². The number of carbonyl (C=O) groups excluding carboxylic acids is 2. The molecular formula is C23H20N4O4. The number of hydrogen-bond donors (Lipinski definition) is 0. The molecule has 8 nitrogen and oxygen atoms in total. The Labute approximate surface area is 177 Å². The zero-order valence-electron chi connectivity index (χ0n) is 16.9. The number of benzene rings is 1. The average molecular weight is 416 g/mol. The lowest BCUT2D eigenvalue weighted by molar-refractivity contribution is -0.142. The van der Waals surface area contributed by atoms with E-state index < -0.39 is 11.5 Å². The lowest BCUT2D eigenvalue weighted by Crippen LogP contribution is -2.26. The van der Waals surface area contributed by atoms with Crippen molar-refractivity contribution in [1.29, 1.82) is 0 Å². The number of aromatic nitrogens is 4. The number of ether oxygens (including phenoxy) is 1. The molecular weight excluding hydrogens is 396 g/mol. The van der Waals surface area contributed by atoms with Gasteiger partial charge in [0.05, 0.1) is 30.3 Å². The average Bonchev–Trinajstić information content (AvgIpc) is 3.19.